The number of carbonyl (C=O) groups excluding carboxylic acids is 2. The molecule has 2 fully saturated rings. The molecular weight excluding hydrogens is 324 g/mol. The quantitative estimate of drug-likeness (QED) is 0.794. The summed E-state index contributed by atoms with van der Waals surface area (Å²) < 4.78 is 0. The molecule has 0 unspecified atom stereocenters. The molecule has 2 aliphatic rings. The standard InChI is InChI=1S/C22H32N2O2/c1-16-7-9-18(10-8-16)22(26)19-11-13-24(14-12-19)15-21(25)23-20-6-4-3-5-17(20)2/h7-10,17,19-20H,3-6,11-15H2,1-2H3,(H,23,25)/p+1/t17-,20+/m0/s1. The van der Waals surface area contributed by atoms with E-state index in [-0.39, 0.29) is 17.6 Å². The number of hydrogen-bond donors (Lipinski definition) is 2. The third kappa shape index (κ3) is 4.94. The van der Waals surface area contributed by atoms with Gasteiger partial charge >= 0.3 is 0 Å². The SMILES string of the molecule is Cc1ccc(C(=O)C2CC[NH+](CC(=O)N[C@@H]3CCCC[C@@H]3C)CC2)cc1. The number of rotatable bonds is 5. The Kier molecular flexibility index (Phi) is 6.47. The maximum Gasteiger partial charge on any atom is 0.275 e. The normalized spacial score (nSPS) is 29.2. The van der Waals surface area contributed by atoms with Crippen molar-refractivity contribution in [3.63, 3.8) is 0 Å². The Hall–Kier alpha value is -1.68. The fourth-order valence-corrected chi connectivity index (χ4v) is 4.43. The van der Waals surface area contributed by atoms with Gasteiger partial charge in [0.15, 0.2) is 12.3 Å². The van der Waals surface area contributed by atoms with Gasteiger partial charge in [-0.05, 0) is 25.7 Å². The average Bonchev–Trinajstić information content (AvgIpc) is 2.64. The van der Waals surface area contributed by atoms with Crippen LogP contribution in [0.2, 0.25) is 0 Å². The van der Waals surface area contributed by atoms with E-state index in [1.54, 1.807) is 0 Å². The van der Waals surface area contributed by atoms with Crippen molar-refractivity contribution < 1.29 is 14.5 Å². The number of Topliss-reactive ketones (excluding diaryl/α,β-unsaturated/α-hetero) is 1. The summed E-state index contributed by atoms with van der Waals surface area (Å²) in [5, 5.41) is 3.25. The van der Waals surface area contributed by atoms with Gasteiger partial charge in [0.2, 0.25) is 0 Å². The summed E-state index contributed by atoms with van der Waals surface area (Å²) in [6.07, 6.45) is 6.64. The first-order valence-electron chi connectivity index (χ1n) is 10.3. The van der Waals surface area contributed by atoms with Crippen molar-refractivity contribution in [3.8, 4) is 0 Å². The first-order chi connectivity index (χ1) is 12.5. The lowest BCUT2D eigenvalue weighted by molar-refractivity contribution is -0.897. The van der Waals surface area contributed by atoms with E-state index in [4.69, 9.17) is 0 Å². The molecule has 1 aromatic carbocycles. The van der Waals surface area contributed by atoms with Crippen LogP contribution in [0.3, 0.4) is 0 Å². The number of quaternary nitrogens is 1. The highest BCUT2D eigenvalue weighted by atomic mass is 16.2. The Balaban J connectivity index is 1.44. The van der Waals surface area contributed by atoms with Gasteiger partial charge in [0.25, 0.3) is 5.91 Å². The number of hydrogen-bond acceptors (Lipinski definition) is 2. The molecule has 1 aliphatic carbocycles. The molecule has 0 radical (unpaired) electrons. The average molecular weight is 358 g/mol. The monoisotopic (exact) mass is 357 g/mol. The maximum atomic E-state index is 12.7. The highest BCUT2D eigenvalue weighted by molar-refractivity contribution is 5.97. The van der Waals surface area contributed by atoms with E-state index >= 15 is 0 Å². The lowest BCUT2D eigenvalue weighted by Crippen LogP contribution is -3.14. The van der Waals surface area contributed by atoms with Crippen molar-refractivity contribution >= 4 is 11.7 Å². The molecule has 1 aromatic rings. The second-order valence-electron chi connectivity index (χ2n) is 8.37. The van der Waals surface area contributed by atoms with Gasteiger partial charge in [0.1, 0.15) is 0 Å². The van der Waals surface area contributed by atoms with Gasteiger partial charge in [-0.3, -0.25) is 9.59 Å². The van der Waals surface area contributed by atoms with E-state index in [0.717, 1.165) is 37.9 Å². The van der Waals surface area contributed by atoms with E-state index < -0.39 is 0 Å². The number of benzene rings is 1. The molecule has 26 heavy (non-hydrogen) atoms. The molecule has 0 spiro atoms. The Morgan fingerprint density at radius 2 is 1.69 bits per heavy atom. The Bertz CT molecular complexity index is 618. The van der Waals surface area contributed by atoms with Crippen LogP contribution in [0.1, 0.15) is 61.4 Å². The van der Waals surface area contributed by atoms with Crippen molar-refractivity contribution in [1.82, 2.24) is 5.32 Å². The van der Waals surface area contributed by atoms with Gasteiger partial charge in [-0.1, -0.05) is 49.6 Å². The minimum Gasteiger partial charge on any atom is -0.348 e. The Labute approximate surface area is 157 Å². The van der Waals surface area contributed by atoms with Crippen LogP contribution in [0.15, 0.2) is 24.3 Å². The first kappa shape index (κ1) is 19.1. The number of carbonyl (C=O) groups is 2. The minimum atomic E-state index is 0.114. The third-order valence-corrected chi connectivity index (χ3v) is 6.27. The second-order valence-corrected chi connectivity index (χ2v) is 8.37. The molecule has 0 aromatic heterocycles. The third-order valence-electron chi connectivity index (χ3n) is 6.27. The van der Waals surface area contributed by atoms with Crippen LogP contribution in [0.4, 0.5) is 0 Å². The number of nitrogens with one attached hydrogen (secondary N) is 2. The summed E-state index contributed by atoms with van der Waals surface area (Å²) in [7, 11) is 0. The summed E-state index contributed by atoms with van der Waals surface area (Å²) in [5.74, 6) is 1.16. The van der Waals surface area contributed by atoms with Gasteiger partial charge in [-0.25, -0.2) is 0 Å². The van der Waals surface area contributed by atoms with Crippen molar-refractivity contribution in [3.05, 3.63) is 35.4 Å². The molecule has 4 heteroatoms. The molecule has 0 bridgehead atoms. The lowest BCUT2D eigenvalue weighted by Gasteiger charge is -2.31. The summed E-state index contributed by atoms with van der Waals surface area (Å²) in [5.41, 5.74) is 2.01. The zero-order chi connectivity index (χ0) is 18.5. The van der Waals surface area contributed by atoms with E-state index in [1.165, 1.54) is 29.7 Å². The first-order valence-corrected chi connectivity index (χ1v) is 10.3. The van der Waals surface area contributed by atoms with Gasteiger partial charge in [0.05, 0.1) is 13.1 Å². The van der Waals surface area contributed by atoms with Crippen LogP contribution in [0, 0.1) is 18.8 Å². The molecule has 1 saturated carbocycles. The van der Waals surface area contributed by atoms with Crippen molar-refractivity contribution in [2.45, 2.75) is 58.4 Å². The molecule has 2 N–H and O–H groups in total. The van der Waals surface area contributed by atoms with Crippen LogP contribution in [0.25, 0.3) is 0 Å². The van der Waals surface area contributed by atoms with Crippen LogP contribution >= 0.6 is 0 Å². The molecule has 4 nitrogen and oxygen atoms in total. The second kappa shape index (κ2) is 8.81. The summed E-state index contributed by atoms with van der Waals surface area (Å²) in [4.78, 5) is 26.4. The zero-order valence-electron chi connectivity index (χ0n) is 16.2. The molecule has 3 rings (SSSR count). The van der Waals surface area contributed by atoms with Gasteiger partial charge in [0, 0.05) is 30.4 Å². The zero-order valence-corrected chi connectivity index (χ0v) is 16.2. The van der Waals surface area contributed by atoms with Crippen molar-refractivity contribution in [2.75, 3.05) is 19.6 Å². The number of ketones is 1. The molecule has 1 heterocycles. The predicted molar refractivity (Wildman–Crippen MR) is 103 cm³/mol. The van der Waals surface area contributed by atoms with E-state index in [9.17, 15) is 9.59 Å². The Morgan fingerprint density at radius 1 is 1.04 bits per heavy atom. The topological polar surface area (TPSA) is 50.6 Å². The molecule has 1 aliphatic heterocycles. The number of amides is 1. The number of piperidine rings is 1. The lowest BCUT2D eigenvalue weighted by atomic mass is 9.86. The molecule has 2 atom stereocenters. The van der Waals surface area contributed by atoms with Crippen LogP contribution < -0.4 is 10.2 Å². The number of aryl methyl sites for hydroxylation is 1. The van der Waals surface area contributed by atoms with Crippen molar-refractivity contribution in [1.29, 1.82) is 0 Å². The summed E-state index contributed by atoms with van der Waals surface area (Å²) in [6, 6.07) is 8.25. The highest BCUT2D eigenvalue weighted by Gasteiger charge is 2.30. The maximum absolute atomic E-state index is 12.7. The molecular formula is C22H33N2O2+. The van der Waals surface area contributed by atoms with E-state index in [0.29, 0.717) is 18.5 Å². The smallest absolute Gasteiger partial charge is 0.275 e. The summed E-state index contributed by atoms with van der Waals surface area (Å²) >= 11 is 0. The predicted octanol–water partition coefficient (Wildman–Crippen LogP) is 2.17. The fourth-order valence-electron chi connectivity index (χ4n) is 4.43. The molecule has 142 valence electrons. The van der Waals surface area contributed by atoms with Crippen LogP contribution in [-0.4, -0.2) is 37.4 Å². The molecule has 1 saturated heterocycles. The van der Waals surface area contributed by atoms with Crippen LogP contribution in [-0.2, 0) is 4.79 Å². The highest BCUT2D eigenvalue weighted by Crippen LogP contribution is 2.23. The largest absolute Gasteiger partial charge is 0.348 e. The van der Waals surface area contributed by atoms with E-state index in [2.05, 4.69) is 12.2 Å². The van der Waals surface area contributed by atoms with Gasteiger partial charge in [-0.2, -0.15) is 0 Å². The Morgan fingerprint density at radius 3 is 2.35 bits per heavy atom. The van der Waals surface area contributed by atoms with Gasteiger partial charge < -0.3 is 10.2 Å². The molecule has 1 amide bonds. The van der Waals surface area contributed by atoms with Crippen LogP contribution in [0.5, 0.6) is 0 Å². The van der Waals surface area contributed by atoms with Crippen molar-refractivity contribution in [2.24, 2.45) is 11.8 Å². The number of likely N-dealkylation sites (tertiary alicyclic amines) is 1. The van der Waals surface area contributed by atoms with E-state index in [1.807, 2.05) is 31.2 Å². The van der Waals surface area contributed by atoms with Gasteiger partial charge in [-0.15, -0.1) is 0 Å². The fraction of sp³-hybridized carbons (Fsp3) is 0.636. The summed E-state index contributed by atoms with van der Waals surface area (Å²) in [6.45, 7) is 6.66. The minimum absolute atomic E-state index is 0.114.